The van der Waals surface area contributed by atoms with Gasteiger partial charge in [-0.3, -0.25) is 0 Å². The fraction of sp³-hybridized carbons (Fsp3) is 0.167. The molecule has 5 nitrogen and oxygen atoms in total. The van der Waals surface area contributed by atoms with E-state index >= 15 is 0 Å². The Bertz CT molecular complexity index is 912. The molecule has 0 bridgehead atoms. The van der Waals surface area contributed by atoms with Crippen molar-refractivity contribution in [3.8, 4) is 11.5 Å². The van der Waals surface area contributed by atoms with Crippen molar-refractivity contribution >= 4 is 39.6 Å². The lowest BCUT2D eigenvalue weighted by molar-refractivity contribution is 0.359. The van der Waals surface area contributed by atoms with Crippen LogP contribution in [0.15, 0.2) is 36.5 Å². The zero-order valence-electron chi connectivity index (χ0n) is 13.7. The summed E-state index contributed by atoms with van der Waals surface area (Å²) in [6, 6.07) is 9.24. The standard InChI is InChI=1S/C18H18ClN3O2/c1-10-4-5-11(19)8-14(10)22-18-16-12(6-7-21-18)17(24-3)15(23-2)9-13(16)20/h4-9H,20H2,1-3H3,(H,21,22). The second-order valence-electron chi connectivity index (χ2n) is 5.37. The maximum atomic E-state index is 6.24. The van der Waals surface area contributed by atoms with E-state index in [0.717, 1.165) is 22.0 Å². The van der Waals surface area contributed by atoms with Crippen molar-refractivity contribution in [1.82, 2.24) is 4.98 Å². The smallest absolute Gasteiger partial charge is 0.168 e. The van der Waals surface area contributed by atoms with Crippen LogP contribution in [0.3, 0.4) is 0 Å². The Labute approximate surface area is 145 Å². The number of ether oxygens (including phenoxy) is 2. The molecule has 2 aromatic carbocycles. The van der Waals surface area contributed by atoms with Gasteiger partial charge in [0.25, 0.3) is 0 Å². The monoisotopic (exact) mass is 343 g/mol. The van der Waals surface area contributed by atoms with E-state index in [9.17, 15) is 0 Å². The van der Waals surface area contributed by atoms with E-state index in [4.69, 9.17) is 26.8 Å². The predicted molar refractivity (Wildman–Crippen MR) is 98.7 cm³/mol. The second-order valence-corrected chi connectivity index (χ2v) is 5.80. The molecular formula is C18H18ClN3O2. The molecule has 0 aliphatic rings. The number of methoxy groups -OCH3 is 2. The summed E-state index contributed by atoms with van der Waals surface area (Å²) in [7, 11) is 3.18. The third kappa shape index (κ3) is 2.78. The van der Waals surface area contributed by atoms with Crippen LogP contribution < -0.4 is 20.5 Å². The van der Waals surface area contributed by atoms with Crippen LogP contribution in [0.5, 0.6) is 11.5 Å². The van der Waals surface area contributed by atoms with Crippen LogP contribution in [0.25, 0.3) is 10.8 Å². The SMILES string of the molecule is COc1cc(N)c2c(Nc3cc(Cl)ccc3C)nccc2c1OC. The first-order valence-electron chi connectivity index (χ1n) is 7.37. The highest BCUT2D eigenvalue weighted by Gasteiger charge is 2.16. The van der Waals surface area contributed by atoms with Gasteiger partial charge in [-0.05, 0) is 30.7 Å². The van der Waals surface area contributed by atoms with Crippen LogP contribution >= 0.6 is 11.6 Å². The van der Waals surface area contributed by atoms with Gasteiger partial charge >= 0.3 is 0 Å². The lowest BCUT2D eigenvalue weighted by atomic mass is 10.1. The number of halogens is 1. The summed E-state index contributed by atoms with van der Waals surface area (Å²) in [5.41, 5.74) is 8.72. The molecule has 1 heterocycles. The summed E-state index contributed by atoms with van der Waals surface area (Å²) >= 11 is 6.10. The Morgan fingerprint density at radius 1 is 1.12 bits per heavy atom. The first-order chi connectivity index (χ1) is 11.5. The number of anilines is 3. The topological polar surface area (TPSA) is 69.4 Å². The predicted octanol–water partition coefficient (Wildman–Crippen LogP) is 4.54. The third-order valence-electron chi connectivity index (χ3n) is 3.87. The molecule has 0 radical (unpaired) electrons. The lowest BCUT2D eigenvalue weighted by Crippen LogP contribution is -2.01. The summed E-state index contributed by atoms with van der Waals surface area (Å²) in [5.74, 6) is 1.84. The van der Waals surface area contributed by atoms with Crippen molar-refractivity contribution < 1.29 is 9.47 Å². The number of rotatable bonds is 4. The molecule has 0 atom stereocenters. The molecule has 6 heteroatoms. The van der Waals surface area contributed by atoms with Gasteiger partial charge in [-0.15, -0.1) is 0 Å². The Morgan fingerprint density at radius 3 is 2.62 bits per heavy atom. The number of nitrogens with two attached hydrogens (primary N) is 1. The number of nitrogens with zero attached hydrogens (tertiary/aromatic N) is 1. The van der Waals surface area contributed by atoms with Crippen LogP contribution in [-0.4, -0.2) is 19.2 Å². The molecular weight excluding hydrogens is 326 g/mol. The van der Waals surface area contributed by atoms with Crippen molar-refractivity contribution in [3.05, 3.63) is 47.1 Å². The van der Waals surface area contributed by atoms with E-state index < -0.39 is 0 Å². The summed E-state index contributed by atoms with van der Waals surface area (Å²) in [6.07, 6.45) is 1.70. The van der Waals surface area contributed by atoms with Crippen LogP contribution in [0, 0.1) is 6.92 Å². The highest BCUT2D eigenvalue weighted by molar-refractivity contribution is 6.30. The number of aryl methyl sites for hydroxylation is 1. The second kappa shape index (κ2) is 6.45. The first-order valence-corrected chi connectivity index (χ1v) is 7.75. The van der Waals surface area contributed by atoms with Gasteiger partial charge in [0.2, 0.25) is 0 Å². The van der Waals surface area contributed by atoms with Gasteiger partial charge in [0.15, 0.2) is 11.5 Å². The van der Waals surface area contributed by atoms with E-state index in [0.29, 0.717) is 28.0 Å². The molecule has 0 saturated heterocycles. The van der Waals surface area contributed by atoms with Gasteiger partial charge in [0.05, 0.1) is 19.6 Å². The van der Waals surface area contributed by atoms with Gasteiger partial charge in [0, 0.05) is 34.0 Å². The summed E-state index contributed by atoms with van der Waals surface area (Å²) in [6.45, 7) is 2.00. The minimum absolute atomic E-state index is 0.554. The molecule has 0 spiro atoms. The molecule has 3 N–H and O–H groups in total. The average Bonchev–Trinajstić information content (AvgIpc) is 2.58. The molecule has 0 aliphatic heterocycles. The molecule has 0 saturated carbocycles. The number of pyridine rings is 1. The van der Waals surface area contributed by atoms with Crippen LogP contribution in [0.2, 0.25) is 5.02 Å². The Kier molecular flexibility index (Phi) is 4.36. The van der Waals surface area contributed by atoms with Gasteiger partial charge in [-0.25, -0.2) is 4.98 Å². The molecule has 3 rings (SSSR count). The molecule has 0 aliphatic carbocycles. The number of hydrogen-bond acceptors (Lipinski definition) is 5. The van der Waals surface area contributed by atoms with Crippen molar-refractivity contribution in [3.63, 3.8) is 0 Å². The quantitative estimate of drug-likeness (QED) is 0.680. The van der Waals surface area contributed by atoms with Crippen molar-refractivity contribution in [2.45, 2.75) is 6.92 Å². The zero-order valence-corrected chi connectivity index (χ0v) is 14.4. The first kappa shape index (κ1) is 16.2. The fourth-order valence-corrected chi connectivity index (χ4v) is 2.84. The molecule has 3 aromatic rings. The van der Waals surface area contributed by atoms with E-state index in [-0.39, 0.29) is 0 Å². The van der Waals surface area contributed by atoms with Crippen molar-refractivity contribution in [2.75, 3.05) is 25.3 Å². The Hall–Kier alpha value is -2.66. The molecule has 0 fully saturated rings. The minimum Gasteiger partial charge on any atom is -0.493 e. The van der Waals surface area contributed by atoms with Crippen molar-refractivity contribution in [2.24, 2.45) is 0 Å². The van der Waals surface area contributed by atoms with E-state index in [1.165, 1.54) is 0 Å². The number of hydrogen-bond donors (Lipinski definition) is 2. The highest BCUT2D eigenvalue weighted by atomic mass is 35.5. The largest absolute Gasteiger partial charge is 0.493 e. The summed E-state index contributed by atoms with van der Waals surface area (Å²) in [4.78, 5) is 4.43. The average molecular weight is 344 g/mol. The summed E-state index contributed by atoms with van der Waals surface area (Å²) < 4.78 is 10.9. The van der Waals surface area contributed by atoms with Gasteiger partial charge < -0.3 is 20.5 Å². The summed E-state index contributed by atoms with van der Waals surface area (Å²) in [5, 5.41) is 5.56. The van der Waals surface area contributed by atoms with Crippen molar-refractivity contribution in [1.29, 1.82) is 0 Å². The highest BCUT2D eigenvalue weighted by Crippen LogP contribution is 2.42. The number of benzene rings is 2. The van der Waals surface area contributed by atoms with E-state index in [1.54, 1.807) is 26.5 Å². The number of aromatic nitrogens is 1. The number of nitrogens with one attached hydrogen (secondary N) is 1. The van der Waals surface area contributed by atoms with Crippen LogP contribution in [0.1, 0.15) is 5.56 Å². The van der Waals surface area contributed by atoms with Gasteiger partial charge in [-0.2, -0.15) is 0 Å². The zero-order chi connectivity index (χ0) is 17.3. The van der Waals surface area contributed by atoms with Crippen LogP contribution in [-0.2, 0) is 0 Å². The molecule has 124 valence electrons. The number of nitrogen functional groups attached to an aromatic ring is 1. The minimum atomic E-state index is 0.554. The third-order valence-corrected chi connectivity index (χ3v) is 4.11. The molecule has 0 unspecified atom stereocenters. The van der Waals surface area contributed by atoms with Crippen LogP contribution in [0.4, 0.5) is 17.2 Å². The normalized spacial score (nSPS) is 10.7. The van der Waals surface area contributed by atoms with E-state index in [1.807, 2.05) is 31.2 Å². The lowest BCUT2D eigenvalue weighted by Gasteiger charge is -2.16. The Balaban J connectivity index is 2.21. The molecule has 0 amide bonds. The maximum absolute atomic E-state index is 6.24. The number of fused-ring (bicyclic) bond motifs is 1. The maximum Gasteiger partial charge on any atom is 0.168 e. The van der Waals surface area contributed by atoms with Gasteiger partial charge in [-0.1, -0.05) is 17.7 Å². The Morgan fingerprint density at radius 2 is 1.92 bits per heavy atom. The fourth-order valence-electron chi connectivity index (χ4n) is 2.67. The molecule has 1 aromatic heterocycles. The van der Waals surface area contributed by atoms with E-state index in [2.05, 4.69) is 10.3 Å². The molecule has 24 heavy (non-hydrogen) atoms. The van der Waals surface area contributed by atoms with Gasteiger partial charge in [0.1, 0.15) is 5.82 Å².